The Hall–Kier alpha value is -0.830. The van der Waals surface area contributed by atoms with Crippen LogP contribution in [-0.4, -0.2) is 35.6 Å². The van der Waals surface area contributed by atoms with E-state index in [0.29, 0.717) is 12.0 Å². The van der Waals surface area contributed by atoms with Gasteiger partial charge in [-0.05, 0) is 45.3 Å². The van der Waals surface area contributed by atoms with E-state index in [2.05, 4.69) is 11.5 Å². The molecule has 0 bridgehead atoms. The summed E-state index contributed by atoms with van der Waals surface area (Å²) in [5.41, 5.74) is 0.333. The lowest BCUT2D eigenvalue weighted by atomic mass is 10.1. The summed E-state index contributed by atoms with van der Waals surface area (Å²) in [7, 11) is 0. The molecule has 0 saturated carbocycles. The van der Waals surface area contributed by atoms with Gasteiger partial charge in [0.2, 0.25) is 0 Å². The molecule has 0 aliphatic carbocycles. The van der Waals surface area contributed by atoms with Gasteiger partial charge in [0.05, 0.1) is 0 Å². The Balaban J connectivity index is 2.06. The lowest BCUT2D eigenvalue weighted by Gasteiger charge is -2.13. The molecule has 74 valence electrons. The number of carbonyl (C=O) groups is 1. The molecule has 0 aromatic carbocycles. The number of carboxylic acids is 1. The van der Waals surface area contributed by atoms with E-state index in [1.807, 2.05) is 0 Å². The third kappa shape index (κ3) is 3.59. The average Bonchev–Trinajstić information content (AvgIpc) is 2.56. The molecule has 1 aliphatic rings. The zero-order valence-electron chi connectivity index (χ0n) is 7.96. The second-order valence-corrected chi connectivity index (χ2v) is 3.56. The van der Waals surface area contributed by atoms with Gasteiger partial charge in [-0.25, -0.2) is 4.79 Å². The molecule has 3 nitrogen and oxygen atoms in total. The first-order valence-electron chi connectivity index (χ1n) is 4.83. The first-order valence-corrected chi connectivity index (χ1v) is 4.83. The fourth-order valence-corrected chi connectivity index (χ4v) is 1.63. The fraction of sp³-hybridized carbons (Fsp3) is 0.700. The molecule has 0 aromatic heterocycles. The smallest absolute Gasteiger partial charge is 0.330 e. The molecule has 3 heteroatoms. The Labute approximate surface area is 79.0 Å². The van der Waals surface area contributed by atoms with Crippen molar-refractivity contribution in [1.82, 2.24) is 4.90 Å². The van der Waals surface area contributed by atoms with E-state index >= 15 is 0 Å². The number of hydrogen-bond acceptors (Lipinski definition) is 2. The van der Waals surface area contributed by atoms with Crippen LogP contribution in [0.3, 0.4) is 0 Å². The van der Waals surface area contributed by atoms with Gasteiger partial charge in [0, 0.05) is 5.57 Å². The van der Waals surface area contributed by atoms with Crippen LogP contribution in [0.15, 0.2) is 12.2 Å². The van der Waals surface area contributed by atoms with E-state index < -0.39 is 5.97 Å². The van der Waals surface area contributed by atoms with Crippen LogP contribution in [-0.2, 0) is 4.79 Å². The molecular weight excluding hydrogens is 166 g/mol. The molecule has 1 fully saturated rings. The van der Waals surface area contributed by atoms with E-state index in [1.165, 1.54) is 25.9 Å². The van der Waals surface area contributed by atoms with Crippen LogP contribution < -0.4 is 0 Å². The minimum Gasteiger partial charge on any atom is -0.478 e. The zero-order chi connectivity index (χ0) is 9.68. The van der Waals surface area contributed by atoms with Crippen molar-refractivity contribution in [1.29, 1.82) is 0 Å². The van der Waals surface area contributed by atoms with Crippen LogP contribution in [0, 0.1) is 0 Å². The van der Waals surface area contributed by atoms with Crippen molar-refractivity contribution in [2.24, 2.45) is 0 Å². The summed E-state index contributed by atoms with van der Waals surface area (Å²) in [4.78, 5) is 12.8. The molecule has 1 heterocycles. The van der Waals surface area contributed by atoms with Crippen molar-refractivity contribution < 1.29 is 9.90 Å². The zero-order valence-corrected chi connectivity index (χ0v) is 7.96. The molecule has 1 rings (SSSR count). The number of nitrogens with zero attached hydrogens (tertiary/aromatic N) is 1. The van der Waals surface area contributed by atoms with Crippen LogP contribution in [0.2, 0.25) is 0 Å². The molecule has 1 aliphatic heterocycles. The summed E-state index contributed by atoms with van der Waals surface area (Å²) in [6, 6.07) is 0. The first-order chi connectivity index (χ1) is 6.20. The summed E-state index contributed by atoms with van der Waals surface area (Å²) in [5, 5.41) is 8.56. The average molecular weight is 183 g/mol. The fourth-order valence-electron chi connectivity index (χ4n) is 1.63. The van der Waals surface area contributed by atoms with E-state index in [0.717, 1.165) is 13.0 Å². The predicted octanol–water partition coefficient (Wildman–Crippen LogP) is 1.50. The molecule has 0 radical (unpaired) electrons. The van der Waals surface area contributed by atoms with Gasteiger partial charge in [0.25, 0.3) is 0 Å². The maximum Gasteiger partial charge on any atom is 0.330 e. The third-order valence-electron chi connectivity index (χ3n) is 2.45. The highest BCUT2D eigenvalue weighted by Crippen LogP contribution is 2.10. The van der Waals surface area contributed by atoms with Crippen LogP contribution in [0.1, 0.15) is 25.7 Å². The lowest BCUT2D eigenvalue weighted by molar-refractivity contribution is -0.132. The normalized spacial score (nSPS) is 17.5. The van der Waals surface area contributed by atoms with Gasteiger partial charge in [-0.15, -0.1) is 0 Å². The molecule has 0 spiro atoms. The van der Waals surface area contributed by atoms with Gasteiger partial charge in [-0.3, -0.25) is 0 Å². The number of rotatable bonds is 5. The van der Waals surface area contributed by atoms with Gasteiger partial charge >= 0.3 is 5.97 Å². The van der Waals surface area contributed by atoms with Gasteiger partial charge in [-0.1, -0.05) is 6.58 Å². The Kier molecular flexibility index (Phi) is 3.96. The summed E-state index contributed by atoms with van der Waals surface area (Å²) >= 11 is 0. The standard InChI is InChI=1S/C10H17NO2/c1-9(10(12)13)5-4-8-11-6-2-3-7-11/h1-8H2,(H,12,13). The Morgan fingerprint density at radius 3 is 2.54 bits per heavy atom. The largest absolute Gasteiger partial charge is 0.478 e. The molecule has 0 aromatic rings. The van der Waals surface area contributed by atoms with Crippen molar-refractivity contribution in [3.05, 3.63) is 12.2 Å². The first kappa shape index (κ1) is 10.3. The molecule has 0 amide bonds. The highest BCUT2D eigenvalue weighted by molar-refractivity contribution is 5.85. The number of likely N-dealkylation sites (tertiary alicyclic amines) is 1. The van der Waals surface area contributed by atoms with Crippen LogP contribution in [0.4, 0.5) is 0 Å². The van der Waals surface area contributed by atoms with Gasteiger partial charge in [0.15, 0.2) is 0 Å². The number of aliphatic carboxylic acids is 1. The van der Waals surface area contributed by atoms with Crippen LogP contribution >= 0.6 is 0 Å². The van der Waals surface area contributed by atoms with Crippen molar-refractivity contribution in [2.75, 3.05) is 19.6 Å². The van der Waals surface area contributed by atoms with Gasteiger partial charge in [0.1, 0.15) is 0 Å². The predicted molar refractivity (Wildman–Crippen MR) is 51.7 cm³/mol. The summed E-state index contributed by atoms with van der Waals surface area (Å²) in [5.74, 6) is -0.860. The van der Waals surface area contributed by atoms with Gasteiger partial charge < -0.3 is 10.0 Å². The van der Waals surface area contributed by atoms with Crippen LogP contribution in [0.5, 0.6) is 0 Å². The Morgan fingerprint density at radius 2 is 2.00 bits per heavy atom. The summed E-state index contributed by atoms with van der Waals surface area (Å²) < 4.78 is 0. The third-order valence-corrected chi connectivity index (χ3v) is 2.45. The molecule has 0 atom stereocenters. The molecule has 13 heavy (non-hydrogen) atoms. The van der Waals surface area contributed by atoms with Gasteiger partial charge in [-0.2, -0.15) is 0 Å². The Bertz CT molecular complexity index is 195. The van der Waals surface area contributed by atoms with Crippen LogP contribution in [0.25, 0.3) is 0 Å². The van der Waals surface area contributed by atoms with Crippen molar-refractivity contribution in [3.8, 4) is 0 Å². The second-order valence-electron chi connectivity index (χ2n) is 3.56. The summed E-state index contributed by atoms with van der Waals surface area (Å²) in [6.45, 7) is 6.88. The van der Waals surface area contributed by atoms with Crippen molar-refractivity contribution >= 4 is 5.97 Å². The molecule has 0 unspecified atom stereocenters. The Morgan fingerprint density at radius 1 is 1.38 bits per heavy atom. The minimum absolute atomic E-state index is 0.333. The minimum atomic E-state index is -0.860. The summed E-state index contributed by atoms with van der Waals surface area (Å²) in [6.07, 6.45) is 4.12. The molecule has 1 saturated heterocycles. The quantitative estimate of drug-likeness (QED) is 0.657. The monoisotopic (exact) mass is 183 g/mol. The topological polar surface area (TPSA) is 40.5 Å². The van der Waals surface area contributed by atoms with Crippen molar-refractivity contribution in [3.63, 3.8) is 0 Å². The number of carboxylic acid groups (broad SMARTS) is 1. The second kappa shape index (κ2) is 5.02. The highest BCUT2D eigenvalue weighted by atomic mass is 16.4. The van der Waals surface area contributed by atoms with E-state index in [4.69, 9.17) is 5.11 Å². The highest BCUT2D eigenvalue weighted by Gasteiger charge is 2.11. The maximum absolute atomic E-state index is 10.4. The number of hydrogen-bond donors (Lipinski definition) is 1. The lowest BCUT2D eigenvalue weighted by Crippen LogP contribution is -2.20. The molecular formula is C10H17NO2. The SMILES string of the molecule is C=C(CCCN1CCCC1)C(=O)O. The maximum atomic E-state index is 10.4. The van der Waals surface area contributed by atoms with E-state index in [-0.39, 0.29) is 0 Å². The van der Waals surface area contributed by atoms with E-state index in [1.54, 1.807) is 0 Å². The van der Waals surface area contributed by atoms with E-state index in [9.17, 15) is 4.79 Å². The molecule has 1 N–H and O–H groups in total. The van der Waals surface area contributed by atoms with Crippen molar-refractivity contribution in [2.45, 2.75) is 25.7 Å².